The van der Waals surface area contributed by atoms with Crippen molar-refractivity contribution >= 4 is 18.0 Å². The Morgan fingerprint density at radius 3 is 2.64 bits per heavy atom. The van der Waals surface area contributed by atoms with E-state index in [0.717, 1.165) is 11.3 Å². The van der Waals surface area contributed by atoms with Crippen LogP contribution in [0.2, 0.25) is 0 Å². The van der Waals surface area contributed by atoms with E-state index in [1.54, 1.807) is 23.6 Å². The summed E-state index contributed by atoms with van der Waals surface area (Å²) in [4.78, 5) is 41.5. The highest BCUT2D eigenvalue weighted by atomic mass is 16.5. The largest absolute Gasteiger partial charge is 0.496 e. The zero-order valence-electron chi connectivity index (χ0n) is 21.1. The molecule has 1 saturated heterocycles. The Balaban J connectivity index is 1.50. The van der Waals surface area contributed by atoms with Gasteiger partial charge in [0.1, 0.15) is 17.1 Å². The molecule has 1 atom stereocenters. The third-order valence-corrected chi connectivity index (χ3v) is 6.77. The van der Waals surface area contributed by atoms with Gasteiger partial charge in [-0.3, -0.25) is 14.5 Å². The number of methoxy groups -OCH3 is 2. The first-order valence-electron chi connectivity index (χ1n) is 12.1. The second kappa shape index (κ2) is 11.4. The number of rotatable bonds is 8. The molecule has 9 nitrogen and oxygen atoms in total. The number of amides is 1. The van der Waals surface area contributed by atoms with E-state index in [0.29, 0.717) is 56.8 Å². The molecule has 0 N–H and O–H groups in total. The highest BCUT2D eigenvalue weighted by Crippen LogP contribution is 2.26. The lowest BCUT2D eigenvalue weighted by Crippen LogP contribution is -2.29. The number of nitrogens with zero attached hydrogens (tertiary/aromatic N) is 3. The quantitative estimate of drug-likeness (QED) is 0.518. The molecular formula is C27H33N3O6. The molecule has 0 aliphatic carbocycles. The smallest absolute Gasteiger partial charge is 0.343 e. The highest BCUT2D eigenvalue weighted by Gasteiger charge is 2.29. The molecule has 9 heteroatoms. The Morgan fingerprint density at radius 1 is 1.11 bits per heavy atom. The summed E-state index contributed by atoms with van der Waals surface area (Å²) >= 11 is 0. The summed E-state index contributed by atoms with van der Waals surface area (Å²) in [5.41, 5.74) is 1.71. The van der Waals surface area contributed by atoms with Gasteiger partial charge >= 0.3 is 5.97 Å². The normalized spacial score (nSPS) is 18.2. The summed E-state index contributed by atoms with van der Waals surface area (Å²) < 4.78 is 18.1. The molecule has 4 rings (SSSR count). The molecule has 36 heavy (non-hydrogen) atoms. The predicted molar refractivity (Wildman–Crippen MR) is 135 cm³/mol. The molecule has 0 unspecified atom stereocenters. The Kier molecular flexibility index (Phi) is 8.10. The number of benzene rings is 1. The Morgan fingerprint density at radius 2 is 1.92 bits per heavy atom. The number of esters is 1. The molecule has 0 radical (unpaired) electrons. The summed E-state index contributed by atoms with van der Waals surface area (Å²) in [6.45, 7) is 3.34. The fourth-order valence-corrected chi connectivity index (χ4v) is 4.82. The lowest BCUT2D eigenvalue weighted by molar-refractivity contribution is -0.126. The summed E-state index contributed by atoms with van der Waals surface area (Å²) in [6.07, 6.45) is 5.00. The number of ether oxygens (including phenoxy) is 3. The van der Waals surface area contributed by atoms with Gasteiger partial charge in [0.2, 0.25) is 5.91 Å². The van der Waals surface area contributed by atoms with Gasteiger partial charge in [-0.05, 0) is 6.07 Å². The maximum atomic E-state index is 13.0. The number of carbonyl (C=O) groups is 2. The number of hydrogen-bond acceptors (Lipinski definition) is 7. The van der Waals surface area contributed by atoms with E-state index < -0.39 is 5.97 Å². The standard InChI is InChI=1S/C27H33N3O6/c1-28-17-19(15-24(28)31)18-36-23-16-25(32)30-14-13-29(12-10-21(30)26(23)27(33)35-3)11-6-8-20-7-4-5-9-22(20)34-2/h4-9,16,19H,10-15,17-18H2,1-3H3/b8-6+/t19-/m1/s1. The molecule has 2 aromatic rings. The number of para-hydroxylation sites is 1. The zero-order valence-corrected chi connectivity index (χ0v) is 21.1. The molecule has 1 aromatic heterocycles. The van der Waals surface area contributed by atoms with Crippen molar-refractivity contribution < 1.29 is 23.8 Å². The summed E-state index contributed by atoms with van der Waals surface area (Å²) in [6, 6.07) is 9.19. The van der Waals surface area contributed by atoms with Crippen molar-refractivity contribution in [2.45, 2.75) is 19.4 Å². The maximum Gasteiger partial charge on any atom is 0.343 e. The van der Waals surface area contributed by atoms with E-state index in [9.17, 15) is 14.4 Å². The minimum absolute atomic E-state index is 0.0140. The molecule has 1 amide bonds. The van der Waals surface area contributed by atoms with Crippen LogP contribution in [0.15, 0.2) is 41.2 Å². The molecule has 1 aromatic carbocycles. The molecule has 0 spiro atoms. The van der Waals surface area contributed by atoms with Gasteiger partial charge in [-0.2, -0.15) is 0 Å². The van der Waals surface area contributed by atoms with Crippen LogP contribution in [0.1, 0.15) is 28.0 Å². The monoisotopic (exact) mass is 495 g/mol. The Hall–Kier alpha value is -3.59. The van der Waals surface area contributed by atoms with Crippen LogP contribution in [0, 0.1) is 5.92 Å². The molecule has 0 saturated carbocycles. The van der Waals surface area contributed by atoms with Crippen molar-refractivity contribution in [1.29, 1.82) is 0 Å². The average Bonchev–Trinajstić information content (AvgIpc) is 3.06. The molecule has 0 bridgehead atoms. The van der Waals surface area contributed by atoms with Crippen LogP contribution < -0.4 is 15.0 Å². The molecule has 2 aliphatic heterocycles. The van der Waals surface area contributed by atoms with Crippen LogP contribution >= 0.6 is 0 Å². The second-order valence-electron chi connectivity index (χ2n) is 9.16. The van der Waals surface area contributed by atoms with Gasteiger partial charge in [0.05, 0.1) is 20.8 Å². The first-order chi connectivity index (χ1) is 17.4. The minimum Gasteiger partial charge on any atom is -0.496 e. The minimum atomic E-state index is -0.530. The van der Waals surface area contributed by atoms with Crippen LogP contribution in [-0.4, -0.2) is 80.3 Å². The van der Waals surface area contributed by atoms with Gasteiger partial charge in [0, 0.05) is 75.9 Å². The van der Waals surface area contributed by atoms with Crippen molar-refractivity contribution in [3.05, 3.63) is 63.6 Å². The first kappa shape index (κ1) is 25.5. The molecule has 192 valence electrons. The number of pyridine rings is 1. The van der Waals surface area contributed by atoms with E-state index in [1.165, 1.54) is 13.2 Å². The highest BCUT2D eigenvalue weighted by molar-refractivity contribution is 5.93. The Bertz CT molecular complexity index is 1200. The molecule has 1 fully saturated rings. The van der Waals surface area contributed by atoms with Crippen molar-refractivity contribution in [2.24, 2.45) is 5.92 Å². The van der Waals surface area contributed by atoms with E-state index in [-0.39, 0.29) is 29.7 Å². The lowest BCUT2D eigenvalue weighted by atomic mass is 10.1. The van der Waals surface area contributed by atoms with E-state index in [1.807, 2.05) is 30.3 Å². The van der Waals surface area contributed by atoms with Gasteiger partial charge in [0.15, 0.2) is 0 Å². The van der Waals surface area contributed by atoms with Crippen molar-refractivity contribution in [2.75, 3.05) is 54.1 Å². The average molecular weight is 496 g/mol. The van der Waals surface area contributed by atoms with E-state index >= 15 is 0 Å². The van der Waals surface area contributed by atoms with Crippen molar-refractivity contribution in [3.8, 4) is 11.5 Å². The summed E-state index contributed by atoms with van der Waals surface area (Å²) in [5.74, 6) is 0.591. The first-order valence-corrected chi connectivity index (χ1v) is 12.1. The third kappa shape index (κ3) is 5.62. The van der Waals surface area contributed by atoms with E-state index in [4.69, 9.17) is 14.2 Å². The number of likely N-dealkylation sites (tertiary alicyclic amines) is 1. The molecule has 3 heterocycles. The Labute approximate surface area is 210 Å². The van der Waals surface area contributed by atoms with Gasteiger partial charge in [0.25, 0.3) is 5.56 Å². The van der Waals surface area contributed by atoms with Crippen LogP contribution in [0.3, 0.4) is 0 Å². The fraction of sp³-hybridized carbons (Fsp3) is 0.444. The van der Waals surface area contributed by atoms with Gasteiger partial charge in [-0.25, -0.2) is 4.79 Å². The summed E-state index contributed by atoms with van der Waals surface area (Å²) in [5, 5.41) is 0. The summed E-state index contributed by atoms with van der Waals surface area (Å²) in [7, 11) is 4.73. The maximum absolute atomic E-state index is 13.0. The molecular weight excluding hydrogens is 462 g/mol. The number of carbonyl (C=O) groups excluding carboxylic acids is 2. The number of aromatic nitrogens is 1. The number of fused-ring (bicyclic) bond motifs is 1. The van der Waals surface area contributed by atoms with Crippen molar-refractivity contribution in [1.82, 2.24) is 14.4 Å². The van der Waals surface area contributed by atoms with Gasteiger partial charge in [-0.1, -0.05) is 30.4 Å². The second-order valence-corrected chi connectivity index (χ2v) is 9.16. The molecule has 2 aliphatic rings. The lowest BCUT2D eigenvalue weighted by Gasteiger charge is -2.18. The fourth-order valence-electron chi connectivity index (χ4n) is 4.82. The SMILES string of the molecule is COC(=O)c1c(OC[C@@H]2CC(=O)N(C)C2)cc(=O)n2c1CCN(C/C=C/c1ccccc1OC)CC2. The van der Waals surface area contributed by atoms with Crippen LogP contribution in [-0.2, 0) is 22.5 Å². The van der Waals surface area contributed by atoms with Crippen LogP contribution in [0.4, 0.5) is 0 Å². The third-order valence-electron chi connectivity index (χ3n) is 6.77. The zero-order chi connectivity index (χ0) is 25.7. The van der Waals surface area contributed by atoms with E-state index in [2.05, 4.69) is 11.0 Å². The topological polar surface area (TPSA) is 90.3 Å². The van der Waals surface area contributed by atoms with Gasteiger partial charge in [-0.15, -0.1) is 0 Å². The van der Waals surface area contributed by atoms with Crippen LogP contribution in [0.25, 0.3) is 6.08 Å². The van der Waals surface area contributed by atoms with Gasteiger partial charge < -0.3 is 23.7 Å². The number of hydrogen-bond donors (Lipinski definition) is 0. The predicted octanol–water partition coefficient (Wildman–Crippen LogP) is 2.07. The van der Waals surface area contributed by atoms with Crippen LogP contribution in [0.5, 0.6) is 11.5 Å². The van der Waals surface area contributed by atoms with Crippen molar-refractivity contribution in [3.63, 3.8) is 0 Å².